The Labute approximate surface area is 114 Å². The number of hydrogen-bond acceptors (Lipinski definition) is 2. The molecular weight excluding hydrogens is 238 g/mol. The SMILES string of the molecule is CCC/C=C\CN1C(=O)C[C@@H]1COc1ccccc1. The van der Waals surface area contributed by atoms with Gasteiger partial charge >= 0.3 is 0 Å². The Morgan fingerprint density at radius 2 is 2.11 bits per heavy atom. The van der Waals surface area contributed by atoms with Crippen molar-refractivity contribution in [3.63, 3.8) is 0 Å². The third-order valence-corrected chi connectivity index (χ3v) is 3.28. The van der Waals surface area contributed by atoms with Gasteiger partial charge in [0.05, 0.1) is 12.5 Å². The summed E-state index contributed by atoms with van der Waals surface area (Å²) in [7, 11) is 0. The first-order valence-corrected chi connectivity index (χ1v) is 6.93. The topological polar surface area (TPSA) is 29.5 Å². The van der Waals surface area contributed by atoms with E-state index in [1.54, 1.807) is 0 Å². The van der Waals surface area contributed by atoms with Crippen LogP contribution in [0.15, 0.2) is 42.5 Å². The number of nitrogens with zero attached hydrogens (tertiary/aromatic N) is 1. The lowest BCUT2D eigenvalue weighted by molar-refractivity contribution is -0.146. The van der Waals surface area contributed by atoms with Crippen molar-refractivity contribution in [2.24, 2.45) is 0 Å². The highest BCUT2D eigenvalue weighted by molar-refractivity contribution is 5.83. The fourth-order valence-electron chi connectivity index (χ4n) is 2.10. The largest absolute Gasteiger partial charge is 0.491 e. The van der Waals surface area contributed by atoms with Gasteiger partial charge in [-0.3, -0.25) is 4.79 Å². The van der Waals surface area contributed by atoms with Gasteiger partial charge in [-0.15, -0.1) is 0 Å². The van der Waals surface area contributed by atoms with Gasteiger partial charge in [0.1, 0.15) is 12.4 Å². The second-order valence-electron chi connectivity index (χ2n) is 4.79. The molecule has 1 heterocycles. The molecule has 19 heavy (non-hydrogen) atoms. The second-order valence-corrected chi connectivity index (χ2v) is 4.79. The van der Waals surface area contributed by atoms with E-state index in [0.29, 0.717) is 19.6 Å². The zero-order chi connectivity index (χ0) is 13.5. The van der Waals surface area contributed by atoms with E-state index in [9.17, 15) is 4.79 Å². The highest BCUT2D eigenvalue weighted by Gasteiger charge is 2.35. The number of hydrogen-bond donors (Lipinski definition) is 0. The van der Waals surface area contributed by atoms with E-state index < -0.39 is 0 Å². The van der Waals surface area contributed by atoms with Crippen molar-refractivity contribution < 1.29 is 9.53 Å². The van der Waals surface area contributed by atoms with Crippen LogP contribution in [0.4, 0.5) is 0 Å². The minimum absolute atomic E-state index is 0.221. The number of likely N-dealkylation sites (tertiary alicyclic amines) is 1. The van der Waals surface area contributed by atoms with Crippen molar-refractivity contribution >= 4 is 5.91 Å². The lowest BCUT2D eigenvalue weighted by atomic mass is 10.0. The van der Waals surface area contributed by atoms with E-state index in [4.69, 9.17) is 4.74 Å². The summed E-state index contributed by atoms with van der Waals surface area (Å²) in [4.78, 5) is 13.4. The third-order valence-electron chi connectivity index (χ3n) is 3.28. The molecule has 3 nitrogen and oxygen atoms in total. The summed E-state index contributed by atoms with van der Waals surface area (Å²) in [6.45, 7) is 3.44. The van der Waals surface area contributed by atoms with Gasteiger partial charge in [-0.25, -0.2) is 0 Å². The average Bonchev–Trinajstić information content (AvgIpc) is 2.44. The van der Waals surface area contributed by atoms with Crippen LogP contribution in [0.3, 0.4) is 0 Å². The minimum Gasteiger partial charge on any atom is -0.491 e. The maximum atomic E-state index is 11.6. The molecule has 2 rings (SSSR count). The van der Waals surface area contributed by atoms with Crippen LogP contribution in [0.1, 0.15) is 26.2 Å². The molecule has 102 valence electrons. The Balaban J connectivity index is 1.76. The molecule has 0 aliphatic carbocycles. The second kappa shape index (κ2) is 6.98. The lowest BCUT2D eigenvalue weighted by Crippen LogP contribution is -2.55. The fraction of sp³-hybridized carbons (Fsp3) is 0.438. The van der Waals surface area contributed by atoms with Crippen molar-refractivity contribution in [1.82, 2.24) is 4.90 Å². The van der Waals surface area contributed by atoms with Crippen LogP contribution in [0.5, 0.6) is 5.75 Å². The summed E-state index contributed by atoms with van der Waals surface area (Å²) in [5.74, 6) is 1.09. The van der Waals surface area contributed by atoms with E-state index >= 15 is 0 Å². The van der Waals surface area contributed by atoms with E-state index in [2.05, 4.69) is 19.1 Å². The lowest BCUT2D eigenvalue weighted by Gasteiger charge is -2.39. The van der Waals surface area contributed by atoms with Crippen LogP contribution in [0.2, 0.25) is 0 Å². The van der Waals surface area contributed by atoms with Crippen LogP contribution < -0.4 is 4.74 Å². The molecule has 0 spiro atoms. The van der Waals surface area contributed by atoms with E-state index in [1.165, 1.54) is 0 Å². The first-order valence-electron chi connectivity index (χ1n) is 6.93. The zero-order valence-corrected chi connectivity index (χ0v) is 11.4. The first kappa shape index (κ1) is 13.7. The van der Waals surface area contributed by atoms with Gasteiger partial charge in [0.2, 0.25) is 5.91 Å². The predicted molar refractivity (Wildman–Crippen MR) is 76.1 cm³/mol. The Morgan fingerprint density at radius 1 is 1.32 bits per heavy atom. The Hall–Kier alpha value is -1.77. The molecule has 1 atom stereocenters. The molecule has 1 amide bonds. The van der Waals surface area contributed by atoms with Crippen molar-refractivity contribution in [1.29, 1.82) is 0 Å². The molecule has 3 heteroatoms. The number of para-hydroxylation sites is 1. The molecule has 0 bridgehead atoms. The normalized spacial score (nSPS) is 18.7. The van der Waals surface area contributed by atoms with E-state index in [1.807, 2.05) is 35.2 Å². The van der Waals surface area contributed by atoms with Gasteiger partial charge in [-0.05, 0) is 18.6 Å². The quantitative estimate of drug-likeness (QED) is 0.556. The smallest absolute Gasteiger partial charge is 0.225 e. The number of amides is 1. The summed E-state index contributed by atoms with van der Waals surface area (Å²) in [5, 5.41) is 0. The van der Waals surface area contributed by atoms with Crippen molar-refractivity contribution in [2.45, 2.75) is 32.2 Å². The van der Waals surface area contributed by atoms with Gasteiger partial charge in [-0.2, -0.15) is 0 Å². The van der Waals surface area contributed by atoms with Crippen LogP contribution >= 0.6 is 0 Å². The summed E-state index contributed by atoms with van der Waals surface area (Å²) >= 11 is 0. The highest BCUT2D eigenvalue weighted by Crippen LogP contribution is 2.20. The summed E-state index contributed by atoms with van der Waals surface area (Å²) in [5.41, 5.74) is 0. The van der Waals surface area contributed by atoms with Crippen LogP contribution in [0.25, 0.3) is 0 Å². The van der Waals surface area contributed by atoms with Gasteiger partial charge in [0.25, 0.3) is 0 Å². The standard InChI is InChI=1S/C16H21NO2/c1-2-3-4-8-11-17-14(12-16(17)18)13-19-15-9-6-5-7-10-15/h4-10,14H,2-3,11-13H2,1H3/b8-4-/t14-/m1/s1. The number of ether oxygens (including phenoxy) is 1. The van der Waals surface area contributed by atoms with Crippen LogP contribution in [-0.2, 0) is 4.79 Å². The molecule has 0 unspecified atom stereocenters. The van der Waals surface area contributed by atoms with Gasteiger partial charge in [0, 0.05) is 6.54 Å². The van der Waals surface area contributed by atoms with E-state index in [0.717, 1.165) is 18.6 Å². The first-order chi connectivity index (χ1) is 9.31. The monoisotopic (exact) mass is 259 g/mol. The molecule has 1 aromatic carbocycles. The third kappa shape index (κ3) is 3.85. The Kier molecular flexibility index (Phi) is 5.01. The number of unbranched alkanes of at least 4 members (excludes halogenated alkanes) is 1. The van der Waals surface area contributed by atoms with E-state index in [-0.39, 0.29) is 11.9 Å². The molecule has 1 fully saturated rings. The number of rotatable bonds is 7. The Morgan fingerprint density at radius 3 is 2.79 bits per heavy atom. The zero-order valence-electron chi connectivity index (χ0n) is 11.4. The summed E-state index contributed by atoms with van der Waals surface area (Å²) < 4.78 is 5.70. The molecule has 1 aliphatic rings. The highest BCUT2D eigenvalue weighted by atomic mass is 16.5. The van der Waals surface area contributed by atoms with Gasteiger partial charge < -0.3 is 9.64 Å². The number of carbonyl (C=O) groups excluding carboxylic acids is 1. The summed E-state index contributed by atoms with van der Waals surface area (Å²) in [6.07, 6.45) is 7.05. The molecule has 0 saturated carbocycles. The van der Waals surface area contributed by atoms with Crippen LogP contribution in [0, 0.1) is 0 Å². The van der Waals surface area contributed by atoms with Crippen LogP contribution in [-0.4, -0.2) is 30.0 Å². The predicted octanol–water partition coefficient (Wildman–Crippen LogP) is 3.02. The minimum atomic E-state index is 0.221. The summed E-state index contributed by atoms with van der Waals surface area (Å²) in [6, 6.07) is 9.96. The molecule has 1 aromatic rings. The molecule has 0 N–H and O–H groups in total. The molecule has 1 aliphatic heterocycles. The maximum Gasteiger partial charge on any atom is 0.225 e. The number of carbonyl (C=O) groups is 1. The fourth-order valence-corrected chi connectivity index (χ4v) is 2.10. The number of allylic oxidation sites excluding steroid dienone is 1. The van der Waals surface area contributed by atoms with Crippen molar-refractivity contribution in [3.05, 3.63) is 42.5 Å². The molecule has 1 saturated heterocycles. The molecule has 0 aromatic heterocycles. The Bertz CT molecular complexity index is 428. The average molecular weight is 259 g/mol. The molecular formula is C16H21NO2. The van der Waals surface area contributed by atoms with Gasteiger partial charge in [0.15, 0.2) is 0 Å². The number of β-lactam (4-membered cyclic amide) rings is 1. The molecule has 0 radical (unpaired) electrons. The van der Waals surface area contributed by atoms with Gasteiger partial charge in [-0.1, -0.05) is 43.7 Å². The number of benzene rings is 1. The van der Waals surface area contributed by atoms with Crippen molar-refractivity contribution in [2.75, 3.05) is 13.2 Å². The maximum absolute atomic E-state index is 11.6. The van der Waals surface area contributed by atoms with Crippen molar-refractivity contribution in [3.8, 4) is 5.75 Å².